The summed E-state index contributed by atoms with van der Waals surface area (Å²) in [6.07, 6.45) is 3.21. The Morgan fingerprint density at radius 1 is 1.52 bits per heavy atom. The van der Waals surface area contributed by atoms with Crippen molar-refractivity contribution in [3.8, 4) is 0 Å². The lowest BCUT2D eigenvalue weighted by molar-refractivity contribution is -0.141. The highest BCUT2D eigenvalue weighted by molar-refractivity contribution is 8.00. The van der Waals surface area contributed by atoms with Gasteiger partial charge in [-0.15, -0.1) is 11.8 Å². The van der Waals surface area contributed by atoms with Crippen molar-refractivity contribution >= 4 is 29.4 Å². The molecule has 7 heteroatoms. The zero-order valence-electron chi connectivity index (χ0n) is 12.3. The van der Waals surface area contributed by atoms with Crippen molar-refractivity contribution in [1.29, 1.82) is 0 Å². The van der Waals surface area contributed by atoms with Crippen molar-refractivity contribution < 1.29 is 14.7 Å². The van der Waals surface area contributed by atoms with Gasteiger partial charge in [-0.25, -0.2) is 9.59 Å². The van der Waals surface area contributed by atoms with Crippen molar-refractivity contribution in [1.82, 2.24) is 9.88 Å². The lowest BCUT2D eigenvalue weighted by Crippen LogP contribution is -2.52. The number of carboxylic acids is 1. The summed E-state index contributed by atoms with van der Waals surface area (Å²) in [6, 6.07) is 2.42. The van der Waals surface area contributed by atoms with Crippen molar-refractivity contribution in [2.45, 2.75) is 25.3 Å². The highest BCUT2D eigenvalue weighted by Gasteiger charge is 2.44. The van der Waals surface area contributed by atoms with Crippen molar-refractivity contribution in [2.24, 2.45) is 5.92 Å². The van der Waals surface area contributed by atoms with Crippen LogP contribution in [-0.4, -0.2) is 51.2 Å². The quantitative estimate of drug-likeness (QED) is 0.926. The molecule has 21 heavy (non-hydrogen) atoms. The van der Waals surface area contributed by atoms with Crippen LogP contribution < -0.4 is 4.90 Å². The van der Waals surface area contributed by atoms with E-state index in [-0.39, 0.29) is 17.3 Å². The van der Waals surface area contributed by atoms with Gasteiger partial charge in [-0.2, -0.15) is 0 Å². The van der Waals surface area contributed by atoms with E-state index < -0.39 is 12.0 Å². The van der Waals surface area contributed by atoms with E-state index >= 15 is 0 Å². The van der Waals surface area contributed by atoms with Crippen molar-refractivity contribution in [3.05, 3.63) is 24.5 Å². The third kappa shape index (κ3) is 3.12. The number of anilines is 1. The number of aromatic nitrogens is 1. The number of thioether (sulfide) groups is 1. The number of hydrogen-bond acceptors (Lipinski definition) is 4. The molecule has 1 aromatic rings. The highest BCUT2D eigenvalue weighted by Crippen LogP contribution is 2.35. The molecule has 1 N–H and O–H groups in total. The van der Waals surface area contributed by atoms with Gasteiger partial charge in [0.1, 0.15) is 6.04 Å². The SMILES string of the molecule is CC(C)C1SCC(C(=O)O)N1C(=O)N(C)c1cccnc1. The largest absolute Gasteiger partial charge is 0.480 e. The van der Waals surface area contributed by atoms with E-state index in [9.17, 15) is 14.7 Å². The van der Waals surface area contributed by atoms with E-state index in [1.165, 1.54) is 21.6 Å². The summed E-state index contributed by atoms with van der Waals surface area (Å²) >= 11 is 1.52. The molecule has 0 radical (unpaired) electrons. The number of nitrogens with zero attached hydrogens (tertiary/aromatic N) is 3. The zero-order valence-corrected chi connectivity index (χ0v) is 13.1. The molecule has 2 rings (SSSR count). The van der Waals surface area contributed by atoms with E-state index in [0.29, 0.717) is 11.4 Å². The van der Waals surface area contributed by atoms with Gasteiger partial charge in [0.05, 0.1) is 17.3 Å². The maximum absolute atomic E-state index is 12.7. The number of urea groups is 1. The lowest BCUT2D eigenvalue weighted by Gasteiger charge is -2.33. The molecule has 0 saturated carbocycles. The number of carboxylic acid groups (broad SMARTS) is 1. The van der Waals surface area contributed by atoms with Gasteiger partial charge >= 0.3 is 12.0 Å². The summed E-state index contributed by atoms with van der Waals surface area (Å²) in [5.74, 6) is -0.352. The Hall–Kier alpha value is -1.76. The molecule has 1 aliphatic rings. The minimum Gasteiger partial charge on any atom is -0.480 e. The van der Waals surface area contributed by atoms with Gasteiger partial charge < -0.3 is 5.11 Å². The molecule has 114 valence electrons. The van der Waals surface area contributed by atoms with E-state index in [1.807, 2.05) is 13.8 Å². The van der Waals surface area contributed by atoms with Crippen LogP contribution in [0.1, 0.15) is 13.8 Å². The molecule has 0 aliphatic carbocycles. The Kier molecular flexibility index (Phi) is 4.72. The molecular formula is C14H19N3O3S. The average Bonchev–Trinajstić information content (AvgIpc) is 2.91. The van der Waals surface area contributed by atoms with Crippen LogP contribution in [0.3, 0.4) is 0 Å². The number of amides is 2. The summed E-state index contributed by atoms with van der Waals surface area (Å²) in [4.78, 5) is 31.0. The Labute approximate surface area is 128 Å². The van der Waals surface area contributed by atoms with Crippen LogP contribution in [0.15, 0.2) is 24.5 Å². The summed E-state index contributed by atoms with van der Waals surface area (Å²) in [5, 5.41) is 9.22. The van der Waals surface area contributed by atoms with Gasteiger partial charge in [0.25, 0.3) is 0 Å². The van der Waals surface area contributed by atoms with Gasteiger partial charge in [-0.1, -0.05) is 13.8 Å². The molecule has 1 aliphatic heterocycles. The van der Waals surface area contributed by atoms with E-state index in [4.69, 9.17) is 0 Å². The molecule has 0 aromatic carbocycles. The van der Waals surface area contributed by atoms with E-state index in [2.05, 4.69) is 4.98 Å². The molecule has 2 unspecified atom stereocenters. The minimum absolute atomic E-state index is 0.127. The smallest absolute Gasteiger partial charge is 0.327 e. The van der Waals surface area contributed by atoms with Crippen LogP contribution in [0, 0.1) is 5.92 Å². The number of pyridine rings is 1. The molecule has 0 bridgehead atoms. The highest BCUT2D eigenvalue weighted by atomic mass is 32.2. The van der Waals surface area contributed by atoms with Crippen molar-refractivity contribution in [2.75, 3.05) is 17.7 Å². The van der Waals surface area contributed by atoms with Crippen LogP contribution >= 0.6 is 11.8 Å². The molecule has 1 aromatic heterocycles. The van der Waals surface area contributed by atoms with E-state index in [1.54, 1.807) is 31.6 Å². The standard InChI is InChI=1S/C14H19N3O3S/c1-9(2)12-17(11(8-21-12)13(18)19)14(20)16(3)10-5-4-6-15-7-10/h4-7,9,11-12H,8H2,1-3H3,(H,18,19). The first-order chi connectivity index (χ1) is 9.93. The molecule has 1 saturated heterocycles. The fourth-order valence-corrected chi connectivity index (χ4v) is 3.77. The van der Waals surface area contributed by atoms with E-state index in [0.717, 1.165) is 0 Å². The second-order valence-corrected chi connectivity index (χ2v) is 6.43. The first-order valence-corrected chi connectivity index (χ1v) is 7.78. The van der Waals surface area contributed by atoms with Gasteiger partial charge in [-0.3, -0.25) is 14.8 Å². The molecular weight excluding hydrogens is 290 g/mol. The van der Waals surface area contributed by atoms with Gasteiger partial charge in [-0.05, 0) is 18.1 Å². The average molecular weight is 309 g/mol. The number of aliphatic carboxylic acids is 1. The van der Waals surface area contributed by atoms with Crippen LogP contribution in [0.5, 0.6) is 0 Å². The third-order valence-electron chi connectivity index (χ3n) is 3.43. The topological polar surface area (TPSA) is 73.7 Å². The third-order valence-corrected chi connectivity index (χ3v) is 5.05. The molecule has 2 amide bonds. The molecule has 1 fully saturated rings. The maximum atomic E-state index is 12.7. The van der Waals surface area contributed by atoms with Crippen LogP contribution in [0.25, 0.3) is 0 Å². The van der Waals surface area contributed by atoms with Gasteiger partial charge in [0.2, 0.25) is 0 Å². The lowest BCUT2D eigenvalue weighted by atomic mass is 10.1. The second kappa shape index (κ2) is 6.34. The molecule has 2 atom stereocenters. The summed E-state index contributed by atoms with van der Waals surface area (Å²) in [5.41, 5.74) is 0.644. The molecule has 2 heterocycles. The number of hydrogen-bond donors (Lipinski definition) is 1. The fourth-order valence-electron chi connectivity index (χ4n) is 2.31. The number of rotatable bonds is 3. The zero-order chi connectivity index (χ0) is 15.6. The summed E-state index contributed by atoms with van der Waals surface area (Å²) in [7, 11) is 1.64. The Bertz CT molecular complexity index is 523. The van der Waals surface area contributed by atoms with Gasteiger partial charge in [0.15, 0.2) is 0 Å². The summed E-state index contributed by atoms with van der Waals surface area (Å²) < 4.78 is 0. The van der Waals surface area contributed by atoms with Gasteiger partial charge in [0, 0.05) is 19.0 Å². The van der Waals surface area contributed by atoms with Crippen LogP contribution in [0.2, 0.25) is 0 Å². The Balaban J connectivity index is 2.27. The van der Waals surface area contributed by atoms with Crippen LogP contribution in [0.4, 0.5) is 10.5 Å². The number of carbonyl (C=O) groups is 2. The predicted octanol–water partition coefficient (Wildman–Crippen LogP) is 2.12. The Morgan fingerprint density at radius 3 is 2.76 bits per heavy atom. The minimum atomic E-state index is -0.960. The molecule has 0 spiro atoms. The second-order valence-electron chi connectivity index (χ2n) is 5.28. The van der Waals surface area contributed by atoms with Crippen molar-refractivity contribution in [3.63, 3.8) is 0 Å². The predicted molar refractivity (Wildman–Crippen MR) is 82.4 cm³/mol. The normalized spacial score (nSPS) is 21.6. The maximum Gasteiger partial charge on any atom is 0.327 e. The Morgan fingerprint density at radius 2 is 2.24 bits per heavy atom. The molecule has 6 nitrogen and oxygen atoms in total. The summed E-state index contributed by atoms with van der Waals surface area (Å²) in [6.45, 7) is 3.98. The fraction of sp³-hybridized carbons (Fsp3) is 0.500. The first kappa shape index (κ1) is 15.6. The first-order valence-electron chi connectivity index (χ1n) is 6.74. The van der Waals surface area contributed by atoms with Crippen LogP contribution in [-0.2, 0) is 4.79 Å². The number of carbonyl (C=O) groups excluding carboxylic acids is 1. The monoisotopic (exact) mass is 309 g/mol.